The van der Waals surface area contributed by atoms with Crippen LogP contribution in [0.15, 0.2) is 47.3 Å². The van der Waals surface area contributed by atoms with E-state index in [2.05, 4.69) is 10.4 Å². The molecule has 0 unspecified atom stereocenters. The average molecular weight is 326 g/mol. The number of nitrogens with two attached hydrogens (primary N) is 1. The molecule has 1 heterocycles. The number of hydrogen-bond acceptors (Lipinski definition) is 4. The number of carbonyl (C=O) groups is 1. The standard InChI is InChI=1S/C18H22N4O2/c19-13-18(10-4-5-11-18)20-16(23)12-22-17(24)9-8-15(21-22)14-6-2-1-3-7-14/h1-3,6-9H,4-5,10-13,19H2,(H,20,23). The van der Waals surface area contributed by atoms with Crippen molar-refractivity contribution in [3.8, 4) is 11.3 Å². The van der Waals surface area contributed by atoms with Gasteiger partial charge in [0.1, 0.15) is 6.54 Å². The third-order valence-corrected chi connectivity index (χ3v) is 4.59. The lowest BCUT2D eigenvalue weighted by atomic mass is 9.98. The van der Waals surface area contributed by atoms with Gasteiger partial charge in [-0.2, -0.15) is 5.10 Å². The van der Waals surface area contributed by atoms with Gasteiger partial charge in [-0.15, -0.1) is 0 Å². The van der Waals surface area contributed by atoms with Crippen LogP contribution >= 0.6 is 0 Å². The summed E-state index contributed by atoms with van der Waals surface area (Å²) in [5.74, 6) is -0.220. The predicted molar refractivity (Wildman–Crippen MR) is 92.3 cm³/mol. The van der Waals surface area contributed by atoms with Crippen LogP contribution in [0.3, 0.4) is 0 Å². The van der Waals surface area contributed by atoms with Crippen LogP contribution in [0.1, 0.15) is 25.7 Å². The van der Waals surface area contributed by atoms with Gasteiger partial charge in [0.05, 0.1) is 11.2 Å². The van der Waals surface area contributed by atoms with E-state index >= 15 is 0 Å². The molecule has 0 spiro atoms. The summed E-state index contributed by atoms with van der Waals surface area (Å²) in [7, 11) is 0. The lowest BCUT2D eigenvalue weighted by Crippen LogP contribution is -2.53. The van der Waals surface area contributed by atoms with Crippen LogP contribution in [0.25, 0.3) is 11.3 Å². The predicted octanol–water partition coefficient (Wildman–Crippen LogP) is 1.30. The lowest BCUT2D eigenvalue weighted by molar-refractivity contribution is -0.123. The molecule has 0 atom stereocenters. The molecular weight excluding hydrogens is 304 g/mol. The van der Waals surface area contributed by atoms with Gasteiger partial charge in [-0.3, -0.25) is 9.59 Å². The average Bonchev–Trinajstić information content (AvgIpc) is 3.06. The summed E-state index contributed by atoms with van der Waals surface area (Å²) < 4.78 is 1.21. The number of hydrogen-bond donors (Lipinski definition) is 2. The van der Waals surface area contributed by atoms with Crippen LogP contribution < -0.4 is 16.6 Å². The summed E-state index contributed by atoms with van der Waals surface area (Å²) in [6, 6.07) is 12.7. The second-order valence-corrected chi connectivity index (χ2v) is 6.32. The molecule has 0 aliphatic heterocycles. The SMILES string of the molecule is NCC1(NC(=O)Cn2nc(-c3ccccc3)ccc2=O)CCCC1. The van der Waals surface area contributed by atoms with Crippen molar-refractivity contribution >= 4 is 5.91 Å². The molecule has 1 saturated carbocycles. The van der Waals surface area contributed by atoms with E-state index in [0.717, 1.165) is 31.2 Å². The van der Waals surface area contributed by atoms with E-state index in [-0.39, 0.29) is 23.6 Å². The van der Waals surface area contributed by atoms with Gasteiger partial charge in [0.2, 0.25) is 5.91 Å². The monoisotopic (exact) mass is 326 g/mol. The molecule has 1 aliphatic carbocycles. The topological polar surface area (TPSA) is 90.0 Å². The molecule has 3 rings (SSSR count). The Morgan fingerprint density at radius 2 is 1.88 bits per heavy atom. The molecule has 1 fully saturated rings. The van der Waals surface area contributed by atoms with Crippen molar-refractivity contribution in [1.82, 2.24) is 15.1 Å². The summed E-state index contributed by atoms with van der Waals surface area (Å²) in [6.07, 6.45) is 3.92. The van der Waals surface area contributed by atoms with Crippen molar-refractivity contribution in [2.24, 2.45) is 5.73 Å². The second kappa shape index (κ2) is 6.97. The smallest absolute Gasteiger partial charge is 0.267 e. The molecule has 0 saturated heterocycles. The molecule has 0 radical (unpaired) electrons. The number of amides is 1. The van der Waals surface area contributed by atoms with Gasteiger partial charge in [-0.1, -0.05) is 43.2 Å². The lowest BCUT2D eigenvalue weighted by Gasteiger charge is -2.28. The first kappa shape index (κ1) is 16.4. The molecule has 24 heavy (non-hydrogen) atoms. The Kier molecular flexibility index (Phi) is 4.76. The molecule has 2 aromatic rings. The first-order chi connectivity index (χ1) is 11.6. The number of nitrogens with one attached hydrogen (secondary N) is 1. The summed E-state index contributed by atoms with van der Waals surface area (Å²) in [5.41, 5.74) is 6.79. The van der Waals surface area contributed by atoms with E-state index in [4.69, 9.17) is 5.73 Å². The fourth-order valence-corrected chi connectivity index (χ4v) is 3.23. The second-order valence-electron chi connectivity index (χ2n) is 6.32. The quantitative estimate of drug-likeness (QED) is 0.866. The Morgan fingerprint density at radius 3 is 2.54 bits per heavy atom. The number of aromatic nitrogens is 2. The number of benzene rings is 1. The Labute approximate surface area is 140 Å². The fraction of sp³-hybridized carbons (Fsp3) is 0.389. The fourth-order valence-electron chi connectivity index (χ4n) is 3.23. The number of carbonyl (C=O) groups excluding carboxylic acids is 1. The van der Waals surface area contributed by atoms with Crippen molar-refractivity contribution in [3.63, 3.8) is 0 Å². The summed E-state index contributed by atoms with van der Waals surface area (Å²) in [5, 5.41) is 7.33. The molecule has 1 aromatic heterocycles. The van der Waals surface area contributed by atoms with E-state index < -0.39 is 0 Å². The highest BCUT2D eigenvalue weighted by molar-refractivity contribution is 5.76. The first-order valence-corrected chi connectivity index (χ1v) is 8.27. The third-order valence-electron chi connectivity index (χ3n) is 4.59. The molecule has 126 valence electrons. The van der Waals surface area contributed by atoms with Crippen LogP contribution in [0.4, 0.5) is 0 Å². The van der Waals surface area contributed by atoms with Gasteiger partial charge in [0, 0.05) is 18.2 Å². The number of nitrogens with zero attached hydrogens (tertiary/aromatic N) is 2. The molecule has 1 aromatic carbocycles. The van der Waals surface area contributed by atoms with E-state index in [1.165, 1.54) is 10.7 Å². The van der Waals surface area contributed by atoms with Crippen molar-refractivity contribution in [2.75, 3.05) is 6.54 Å². The van der Waals surface area contributed by atoms with Gasteiger partial charge >= 0.3 is 0 Å². The van der Waals surface area contributed by atoms with E-state index in [1.54, 1.807) is 6.07 Å². The summed E-state index contributed by atoms with van der Waals surface area (Å²) >= 11 is 0. The Balaban J connectivity index is 1.77. The molecule has 6 heteroatoms. The highest BCUT2D eigenvalue weighted by atomic mass is 16.2. The third kappa shape index (κ3) is 3.54. The van der Waals surface area contributed by atoms with Crippen LogP contribution in [-0.4, -0.2) is 27.8 Å². The normalized spacial score (nSPS) is 16.0. The zero-order valence-electron chi connectivity index (χ0n) is 13.6. The minimum absolute atomic E-state index is 0.0960. The zero-order chi connectivity index (χ0) is 17.0. The maximum atomic E-state index is 12.4. The van der Waals surface area contributed by atoms with Crippen molar-refractivity contribution in [1.29, 1.82) is 0 Å². The van der Waals surface area contributed by atoms with Crippen molar-refractivity contribution in [3.05, 3.63) is 52.8 Å². The maximum absolute atomic E-state index is 12.4. The maximum Gasteiger partial charge on any atom is 0.267 e. The highest BCUT2D eigenvalue weighted by Crippen LogP contribution is 2.28. The van der Waals surface area contributed by atoms with Gasteiger partial charge in [0.25, 0.3) is 5.56 Å². The molecule has 3 N–H and O–H groups in total. The minimum atomic E-state index is -0.322. The molecule has 0 bridgehead atoms. The first-order valence-electron chi connectivity index (χ1n) is 8.27. The largest absolute Gasteiger partial charge is 0.348 e. The molecule has 1 amide bonds. The highest BCUT2D eigenvalue weighted by Gasteiger charge is 2.33. The van der Waals surface area contributed by atoms with Gasteiger partial charge < -0.3 is 11.1 Å². The van der Waals surface area contributed by atoms with Crippen LogP contribution in [0, 0.1) is 0 Å². The van der Waals surface area contributed by atoms with Gasteiger partial charge in [-0.05, 0) is 18.9 Å². The molecule has 6 nitrogen and oxygen atoms in total. The minimum Gasteiger partial charge on any atom is -0.348 e. The van der Waals surface area contributed by atoms with Crippen molar-refractivity contribution in [2.45, 2.75) is 37.8 Å². The zero-order valence-corrected chi connectivity index (χ0v) is 13.6. The van der Waals surface area contributed by atoms with Crippen LogP contribution in [0.2, 0.25) is 0 Å². The molecular formula is C18H22N4O2. The van der Waals surface area contributed by atoms with E-state index in [0.29, 0.717) is 12.2 Å². The summed E-state index contributed by atoms with van der Waals surface area (Å²) in [4.78, 5) is 24.4. The van der Waals surface area contributed by atoms with Gasteiger partial charge in [0.15, 0.2) is 0 Å². The van der Waals surface area contributed by atoms with E-state index in [9.17, 15) is 9.59 Å². The Hall–Kier alpha value is -2.47. The van der Waals surface area contributed by atoms with E-state index in [1.807, 2.05) is 30.3 Å². The number of rotatable bonds is 5. The Morgan fingerprint density at radius 1 is 1.17 bits per heavy atom. The summed E-state index contributed by atoms with van der Waals surface area (Å²) in [6.45, 7) is 0.326. The molecule has 1 aliphatic rings. The van der Waals surface area contributed by atoms with Gasteiger partial charge in [-0.25, -0.2) is 4.68 Å². The Bertz CT molecular complexity index is 764. The van der Waals surface area contributed by atoms with Crippen molar-refractivity contribution < 1.29 is 4.79 Å². The van der Waals surface area contributed by atoms with Crippen LogP contribution in [0.5, 0.6) is 0 Å². The van der Waals surface area contributed by atoms with Crippen LogP contribution in [-0.2, 0) is 11.3 Å².